The van der Waals surface area contributed by atoms with Gasteiger partial charge in [0.05, 0.1) is 5.02 Å². The number of sulfonamides is 1. The molecule has 0 aliphatic rings. The highest BCUT2D eigenvalue weighted by molar-refractivity contribution is 7.89. The molecule has 1 aromatic heterocycles. The van der Waals surface area contributed by atoms with Gasteiger partial charge in [0.25, 0.3) is 0 Å². The molecule has 0 fully saturated rings. The zero-order valence-electron chi connectivity index (χ0n) is 10.3. The third kappa shape index (κ3) is 3.53. The third-order valence-corrected chi connectivity index (χ3v) is 4.18. The van der Waals surface area contributed by atoms with Crippen molar-refractivity contribution in [1.29, 1.82) is 0 Å². The van der Waals surface area contributed by atoms with Crippen LogP contribution in [0.1, 0.15) is 13.8 Å². The summed E-state index contributed by atoms with van der Waals surface area (Å²) in [5.41, 5.74) is 5.87. The van der Waals surface area contributed by atoms with Crippen molar-refractivity contribution in [3.8, 4) is 0 Å². The predicted molar refractivity (Wildman–Crippen MR) is 70.7 cm³/mol. The molecule has 19 heavy (non-hydrogen) atoms. The zero-order chi connectivity index (χ0) is 14.8. The minimum absolute atomic E-state index is 0.0299. The van der Waals surface area contributed by atoms with E-state index in [-0.39, 0.29) is 15.7 Å². The van der Waals surface area contributed by atoms with Gasteiger partial charge in [0.15, 0.2) is 5.82 Å². The Morgan fingerprint density at radius 3 is 2.47 bits per heavy atom. The van der Waals surface area contributed by atoms with Gasteiger partial charge in [0, 0.05) is 6.20 Å². The number of hydrazine groups is 1. The van der Waals surface area contributed by atoms with Crippen LogP contribution in [0.3, 0.4) is 0 Å². The number of hydrogen-bond donors (Lipinski definition) is 4. The molecule has 10 heteroatoms. The molecule has 1 rings (SSSR count). The first-order valence-electron chi connectivity index (χ1n) is 5.06. The van der Waals surface area contributed by atoms with E-state index in [2.05, 4.69) is 15.1 Å². The summed E-state index contributed by atoms with van der Waals surface area (Å²) in [6.45, 7) is 2.69. The normalized spacial score (nSPS) is 12.2. The topological polar surface area (TPSA) is 140 Å². The maximum atomic E-state index is 12.0. The van der Waals surface area contributed by atoms with Gasteiger partial charge in [-0.2, -0.15) is 4.72 Å². The number of primary amides is 1. The van der Waals surface area contributed by atoms with Crippen LogP contribution in [-0.2, 0) is 14.8 Å². The van der Waals surface area contributed by atoms with Gasteiger partial charge in [-0.15, -0.1) is 0 Å². The van der Waals surface area contributed by atoms with Crippen molar-refractivity contribution in [1.82, 2.24) is 9.71 Å². The molecule has 0 bridgehead atoms. The molecule has 0 aromatic carbocycles. The molecule has 106 valence electrons. The second kappa shape index (κ2) is 5.29. The van der Waals surface area contributed by atoms with Crippen molar-refractivity contribution in [3.05, 3.63) is 17.3 Å². The smallest absolute Gasteiger partial charge is 0.243 e. The Morgan fingerprint density at radius 1 is 1.47 bits per heavy atom. The molecule has 1 heterocycles. The number of hydrogen-bond acceptors (Lipinski definition) is 6. The number of carbonyl (C=O) groups is 1. The molecule has 1 aromatic rings. The summed E-state index contributed by atoms with van der Waals surface area (Å²) in [5.74, 6) is 4.45. The van der Waals surface area contributed by atoms with Gasteiger partial charge in [0.2, 0.25) is 15.9 Å². The number of amides is 1. The number of nitrogen functional groups attached to an aromatic ring is 1. The summed E-state index contributed by atoms with van der Waals surface area (Å²) >= 11 is 5.78. The fourth-order valence-corrected chi connectivity index (χ4v) is 2.76. The van der Waals surface area contributed by atoms with Crippen LogP contribution in [0.4, 0.5) is 5.82 Å². The number of aromatic nitrogens is 1. The van der Waals surface area contributed by atoms with Crippen LogP contribution in [0.5, 0.6) is 0 Å². The summed E-state index contributed by atoms with van der Waals surface area (Å²) < 4.78 is 26.2. The Bertz CT molecular complexity index is 602. The number of halogens is 1. The molecule has 0 radical (unpaired) electrons. The number of nitrogens with one attached hydrogen (secondary N) is 2. The van der Waals surface area contributed by atoms with E-state index >= 15 is 0 Å². The van der Waals surface area contributed by atoms with E-state index in [4.69, 9.17) is 23.2 Å². The predicted octanol–water partition coefficient (Wildman–Crippen LogP) is -0.437. The summed E-state index contributed by atoms with van der Waals surface area (Å²) in [7, 11) is -3.98. The first-order valence-corrected chi connectivity index (χ1v) is 6.92. The van der Waals surface area contributed by atoms with Crippen molar-refractivity contribution in [3.63, 3.8) is 0 Å². The Kier molecular flexibility index (Phi) is 4.35. The van der Waals surface area contributed by atoms with Gasteiger partial charge in [-0.1, -0.05) is 11.6 Å². The summed E-state index contributed by atoms with van der Waals surface area (Å²) in [4.78, 5) is 14.7. The number of nitrogens with zero attached hydrogens (tertiary/aromatic N) is 1. The van der Waals surface area contributed by atoms with Gasteiger partial charge < -0.3 is 11.2 Å². The summed E-state index contributed by atoms with van der Waals surface area (Å²) in [6, 6.07) is 1.16. The van der Waals surface area contributed by atoms with Gasteiger partial charge in [0.1, 0.15) is 10.4 Å². The van der Waals surface area contributed by atoms with Gasteiger partial charge in [-0.3, -0.25) is 4.79 Å². The van der Waals surface area contributed by atoms with E-state index in [0.29, 0.717) is 0 Å². The number of rotatable bonds is 5. The lowest BCUT2D eigenvalue weighted by Gasteiger charge is -2.22. The molecular weight excluding hydrogens is 294 g/mol. The molecule has 8 nitrogen and oxygen atoms in total. The monoisotopic (exact) mass is 307 g/mol. The molecule has 0 aliphatic heterocycles. The van der Waals surface area contributed by atoms with Crippen molar-refractivity contribution in [2.75, 3.05) is 5.43 Å². The summed E-state index contributed by atoms with van der Waals surface area (Å²) in [5, 5.41) is 0.0299. The van der Waals surface area contributed by atoms with Crippen LogP contribution >= 0.6 is 11.6 Å². The first kappa shape index (κ1) is 15.6. The Hall–Kier alpha value is -1.42. The van der Waals surface area contributed by atoms with E-state index in [0.717, 1.165) is 12.3 Å². The minimum Gasteiger partial charge on any atom is -0.368 e. The molecule has 0 atom stereocenters. The second-order valence-electron chi connectivity index (χ2n) is 4.24. The van der Waals surface area contributed by atoms with Gasteiger partial charge in [-0.05, 0) is 19.9 Å². The molecule has 0 saturated carbocycles. The SMILES string of the molecule is CC(C)(NS(=O)(=O)c1cnc(NN)c(Cl)c1)C(N)=O. The average Bonchev–Trinajstić information content (AvgIpc) is 2.27. The van der Waals surface area contributed by atoms with Gasteiger partial charge in [-0.25, -0.2) is 19.2 Å². The van der Waals surface area contributed by atoms with Crippen LogP contribution in [0, 0.1) is 0 Å². The lowest BCUT2D eigenvalue weighted by Crippen LogP contribution is -2.52. The van der Waals surface area contributed by atoms with Crippen LogP contribution in [-0.4, -0.2) is 24.8 Å². The highest BCUT2D eigenvalue weighted by Crippen LogP contribution is 2.22. The van der Waals surface area contributed by atoms with E-state index < -0.39 is 21.5 Å². The second-order valence-corrected chi connectivity index (χ2v) is 6.33. The van der Waals surface area contributed by atoms with Crippen LogP contribution < -0.4 is 21.7 Å². The van der Waals surface area contributed by atoms with Crippen LogP contribution in [0.15, 0.2) is 17.2 Å². The number of nitrogens with two attached hydrogens (primary N) is 2. The maximum absolute atomic E-state index is 12.0. The van der Waals surface area contributed by atoms with Crippen LogP contribution in [0.25, 0.3) is 0 Å². The highest BCUT2D eigenvalue weighted by Gasteiger charge is 2.31. The molecule has 0 saturated heterocycles. The van der Waals surface area contributed by atoms with Crippen molar-refractivity contribution in [2.24, 2.45) is 11.6 Å². The number of carbonyl (C=O) groups excluding carboxylic acids is 1. The van der Waals surface area contributed by atoms with E-state index in [9.17, 15) is 13.2 Å². The first-order chi connectivity index (χ1) is 8.60. The molecule has 0 spiro atoms. The lowest BCUT2D eigenvalue weighted by molar-refractivity contribution is -0.122. The molecule has 0 aliphatic carbocycles. The van der Waals surface area contributed by atoms with Crippen molar-refractivity contribution >= 4 is 33.3 Å². The van der Waals surface area contributed by atoms with E-state index in [1.165, 1.54) is 13.8 Å². The lowest BCUT2D eigenvalue weighted by atomic mass is 10.1. The standard InChI is InChI=1S/C9H14ClN5O3S/c1-9(2,8(11)16)15-19(17,18)5-3-6(10)7(14-12)13-4-5/h3-4,15H,12H2,1-2H3,(H2,11,16)(H,13,14). The minimum atomic E-state index is -3.98. The molecule has 0 unspecified atom stereocenters. The largest absolute Gasteiger partial charge is 0.368 e. The Balaban J connectivity index is 3.15. The number of pyridine rings is 1. The van der Waals surface area contributed by atoms with E-state index in [1.807, 2.05) is 0 Å². The summed E-state index contributed by atoms with van der Waals surface area (Å²) in [6.07, 6.45) is 1.06. The van der Waals surface area contributed by atoms with Crippen molar-refractivity contribution in [2.45, 2.75) is 24.3 Å². The fraction of sp³-hybridized carbons (Fsp3) is 0.333. The third-order valence-electron chi connectivity index (χ3n) is 2.27. The molecule has 6 N–H and O–H groups in total. The Labute approximate surface area is 115 Å². The molecular formula is C9H14ClN5O3S. The zero-order valence-corrected chi connectivity index (χ0v) is 11.8. The van der Waals surface area contributed by atoms with Crippen molar-refractivity contribution < 1.29 is 13.2 Å². The van der Waals surface area contributed by atoms with E-state index in [1.54, 1.807) is 0 Å². The average molecular weight is 308 g/mol. The van der Waals surface area contributed by atoms with Crippen LogP contribution in [0.2, 0.25) is 5.02 Å². The maximum Gasteiger partial charge on any atom is 0.243 e. The fourth-order valence-electron chi connectivity index (χ4n) is 1.12. The number of anilines is 1. The highest BCUT2D eigenvalue weighted by atomic mass is 35.5. The molecule has 1 amide bonds. The van der Waals surface area contributed by atoms with Gasteiger partial charge >= 0.3 is 0 Å². The quantitative estimate of drug-likeness (QED) is 0.429. The Morgan fingerprint density at radius 2 is 2.05 bits per heavy atom.